The fraction of sp³-hybridized carbons (Fsp3) is 0.500. The number of nitrogens with zero attached hydrogens (tertiary/aromatic N) is 5. The molecule has 2 heterocycles. The number of aromatic nitrogens is 3. The summed E-state index contributed by atoms with van der Waals surface area (Å²) in [6.07, 6.45) is 1.80. The number of methoxy groups -OCH3 is 1. The van der Waals surface area contributed by atoms with Gasteiger partial charge in [0.15, 0.2) is 5.96 Å². The summed E-state index contributed by atoms with van der Waals surface area (Å²) in [4.78, 5) is 22.7. The Morgan fingerprint density at radius 3 is 2.79 bits per heavy atom. The molecule has 1 atom stereocenters. The lowest BCUT2D eigenvalue weighted by Gasteiger charge is -2.25. The van der Waals surface area contributed by atoms with Gasteiger partial charge in [-0.05, 0) is 31.0 Å². The largest absolute Gasteiger partial charge is 0.497 e. The molecule has 1 aromatic heterocycles. The highest BCUT2D eigenvalue weighted by molar-refractivity contribution is 5.86. The van der Waals surface area contributed by atoms with E-state index >= 15 is 0 Å². The Morgan fingerprint density at radius 1 is 1.34 bits per heavy atom. The second-order valence-electron chi connectivity index (χ2n) is 7.29. The lowest BCUT2D eigenvalue weighted by Crippen LogP contribution is -2.49. The number of aryl methyl sites for hydroxylation is 2. The predicted octanol–water partition coefficient (Wildman–Crippen LogP) is 0.734. The number of hydrogen-bond acceptors (Lipinski definition) is 5. The van der Waals surface area contributed by atoms with E-state index in [1.54, 1.807) is 26.1 Å². The maximum atomic E-state index is 12.0. The molecule has 0 aliphatic carbocycles. The number of nitrogens with one attached hydrogen (secondary N) is 2. The SMILES string of the molecule is COc1ccc(CN=C(NCC(=O)N(C)C)NC2CCc3nc(C)nn3C2)cc1. The molecule has 0 radical (unpaired) electrons. The molecule has 2 aromatic rings. The van der Waals surface area contributed by atoms with Crippen molar-refractivity contribution in [3.05, 3.63) is 41.5 Å². The van der Waals surface area contributed by atoms with Crippen LogP contribution in [0.3, 0.4) is 0 Å². The number of amides is 1. The van der Waals surface area contributed by atoms with E-state index in [1.165, 1.54) is 0 Å². The number of benzene rings is 1. The van der Waals surface area contributed by atoms with Gasteiger partial charge in [0.1, 0.15) is 17.4 Å². The summed E-state index contributed by atoms with van der Waals surface area (Å²) in [6, 6.07) is 7.96. The lowest BCUT2D eigenvalue weighted by atomic mass is 10.1. The summed E-state index contributed by atoms with van der Waals surface area (Å²) in [5, 5.41) is 11.0. The van der Waals surface area contributed by atoms with Crippen LogP contribution in [-0.2, 0) is 24.3 Å². The number of carbonyl (C=O) groups excluding carboxylic acids is 1. The Balaban J connectivity index is 1.67. The van der Waals surface area contributed by atoms with Gasteiger partial charge in [0.2, 0.25) is 5.91 Å². The second kappa shape index (κ2) is 9.40. The van der Waals surface area contributed by atoms with Crippen LogP contribution in [0.1, 0.15) is 23.6 Å². The summed E-state index contributed by atoms with van der Waals surface area (Å²) >= 11 is 0. The van der Waals surface area contributed by atoms with Crippen molar-refractivity contribution in [2.24, 2.45) is 4.99 Å². The molecule has 0 saturated carbocycles. The zero-order valence-electron chi connectivity index (χ0n) is 17.5. The van der Waals surface area contributed by atoms with Crippen LogP contribution in [0.15, 0.2) is 29.3 Å². The Hall–Kier alpha value is -3.10. The van der Waals surface area contributed by atoms with Crippen molar-refractivity contribution in [3.63, 3.8) is 0 Å². The van der Waals surface area contributed by atoms with E-state index in [-0.39, 0.29) is 18.5 Å². The number of hydrogen-bond donors (Lipinski definition) is 2. The standard InChI is InChI=1S/C20H29N7O2/c1-14-23-18-10-7-16(13-27(18)25-14)24-20(22-12-19(28)26(2)3)21-11-15-5-8-17(29-4)9-6-15/h5-6,8-9,16H,7,10-13H2,1-4H3,(H2,21,22,24). The minimum atomic E-state index is -0.0122. The summed E-state index contributed by atoms with van der Waals surface area (Å²) < 4.78 is 7.14. The van der Waals surface area contributed by atoms with E-state index in [1.807, 2.05) is 35.9 Å². The van der Waals surface area contributed by atoms with Crippen LogP contribution >= 0.6 is 0 Å². The van der Waals surface area contributed by atoms with Crippen LogP contribution in [-0.4, -0.2) is 65.3 Å². The molecule has 0 fully saturated rings. The third-order valence-corrected chi connectivity index (χ3v) is 4.79. The number of aliphatic imine (C=N–C) groups is 1. The molecule has 9 nitrogen and oxygen atoms in total. The molecule has 1 amide bonds. The molecule has 0 bridgehead atoms. The van der Waals surface area contributed by atoms with E-state index in [9.17, 15) is 4.79 Å². The molecule has 156 valence electrons. The van der Waals surface area contributed by atoms with Gasteiger partial charge in [-0.15, -0.1) is 0 Å². The van der Waals surface area contributed by atoms with Crippen molar-refractivity contribution in [3.8, 4) is 5.75 Å². The highest BCUT2D eigenvalue weighted by Gasteiger charge is 2.22. The highest BCUT2D eigenvalue weighted by Crippen LogP contribution is 2.14. The molecular formula is C20H29N7O2. The first-order valence-electron chi connectivity index (χ1n) is 9.73. The van der Waals surface area contributed by atoms with Crippen LogP contribution < -0.4 is 15.4 Å². The van der Waals surface area contributed by atoms with E-state index in [2.05, 4.69) is 25.7 Å². The topological polar surface area (TPSA) is 96.7 Å². The predicted molar refractivity (Wildman–Crippen MR) is 111 cm³/mol. The number of guanidine groups is 1. The van der Waals surface area contributed by atoms with Crippen molar-refractivity contribution in [1.29, 1.82) is 0 Å². The summed E-state index contributed by atoms with van der Waals surface area (Å²) in [6.45, 7) is 3.31. The van der Waals surface area contributed by atoms with Gasteiger partial charge < -0.3 is 20.3 Å². The fourth-order valence-electron chi connectivity index (χ4n) is 3.12. The molecule has 1 unspecified atom stereocenters. The van der Waals surface area contributed by atoms with Crippen LogP contribution in [0.5, 0.6) is 5.75 Å². The van der Waals surface area contributed by atoms with E-state index < -0.39 is 0 Å². The summed E-state index contributed by atoms with van der Waals surface area (Å²) in [5.41, 5.74) is 1.06. The zero-order chi connectivity index (χ0) is 20.8. The quantitative estimate of drug-likeness (QED) is 0.549. The third-order valence-electron chi connectivity index (χ3n) is 4.79. The summed E-state index contributed by atoms with van der Waals surface area (Å²) in [5.74, 6) is 3.23. The van der Waals surface area contributed by atoms with Gasteiger partial charge in [-0.3, -0.25) is 4.79 Å². The van der Waals surface area contributed by atoms with Gasteiger partial charge in [-0.2, -0.15) is 5.10 Å². The van der Waals surface area contributed by atoms with Crippen LogP contribution in [0.4, 0.5) is 0 Å². The van der Waals surface area contributed by atoms with Gasteiger partial charge in [0, 0.05) is 26.6 Å². The second-order valence-corrected chi connectivity index (χ2v) is 7.29. The summed E-state index contributed by atoms with van der Waals surface area (Å²) in [7, 11) is 5.12. The van der Waals surface area contributed by atoms with Crippen LogP contribution in [0.2, 0.25) is 0 Å². The van der Waals surface area contributed by atoms with Crippen molar-refractivity contribution >= 4 is 11.9 Å². The molecule has 2 N–H and O–H groups in total. The normalized spacial score (nSPS) is 16.1. The molecule has 1 aromatic carbocycles. The van der Waals surface area contributed by atoms with E-state index in [0.717, 1.165) is 42.3 Å². The minimum Gasteiger partial charge on any atom is -0.497 e. The lowest BCUT2D eigenvalue weighted by molar-refractivity contribution is -0.127. The number of fused-ring (bicyclic) bond motifs is 1. The maximum absolute atomic E-state index is 12.0. The molecule has 3 rings (SSSR count). The molecule has 0 spiro atoms. The Labute approximate surface area is 171 Å². The van der Waals surface area contributed by atoms with Crippen molar-refractivity contribution in [2.45, 2.75) is 38.9 Å². The molecular weight excluding hydrogens is 370 g/mol. The van der Waals surface area contributed by atoms with E-state index in [4.69, 9.17) is 4.74 Å². The van der Waals surface area contributed by atoms with Gasteiger partial charge in [-0.1, -0.05) is 12.1 Å². The Morgan fingerprint density at radius 2 is 2.10 bits per heavy atom. The maximum Gasteiger partial charge on any atom is 0.241 e. The van der Waals surface area contributed by atoms with Crippen molar-refractivity contribution < 1.29 is 9.53 Å². The van der Waals surface area contributed by atoms with Crippen LogP contribution in [0.25, 0.3) is 0 Å². The number of carbonyl (C=O) groups is 1. The molecule has 1 aliphatic heterocycles. The molecule has 1 aliphatic rings. The molecule has 29 heavy (non-hydrogen) atoms. The monoisotopic (exact) mass is 399 g/mol. The number of rotatable bonds is 6. The average Bonchev–Trinajstić information content (AvgIpc) is 3.09. The Kier molecular flexibility index (Phi) is 6.69. The fourth-order valence-corrected chi connectivity index (χ4v) is 3.12. The zero-order valence-corrected chi connectivity index (χ0v) is 17.5. The molecule has 0 saturated heterocycles. The first kappa shape index (κ1) is 20.6. The third kappa shape index (κ3) is 5.69. The van der Waals surface area contributed by atoms with Gasteiger partial charge in [0.25, 0.3) is 0 Å². The number of likely N-dealkylation sites (N-methyl/N-ethyl adjacent to an activating group) is 1. The first-order valence-corrected chi connectivity index (χ1v) is 9.73. The van der Waals surface area contributed by atoms with Gasteiger partial charge in [0.05, 0.1) is 26.7 Å². The number of ether oxygens (including phenoxy) is 1. The molecule has 9 heteroatoms. The first-order chi connectivity index (χ1) is 13.9. The van der Waals surface area contributed by atoms with Gasteiger partial charge >= 0.3 is 0 Å². The van der Waals surface area contributed by atoms with Crippen LogP contribution in [0, 0.1) is 6.92 Å². The van der Waals surface area contributed by atoms with Crippen molar-refractivity contribution in [2.75, 3.05) is 27.7 Å². The van der Waals surface area contributed by atoms with Gasteiger partial charge in [-0.25, -0.2) is 14.7 Å². The van der Waals surface area contributed by atoms with E-state index in [0.29, 0.717) is 12.5 Å². The average molecular weight is 399 g/mol. The Bertz CT molecular complexity index is 858. The highest BCUT2D eigenvalue weighted by atomic mass is 16.5. The minimum absolute atomic E-state index is 0.0122. The van der Waals surface area contributed by atoms with Crippen molar-refractivity contribution in [1.82, 2.24) is 30.3 Å². The smallest absolute Gasteiger partial charge is 0.241 e.